The Labute approximate surface area is 116 Å². The molecule has 0 unspecified atom stereocenters. The highest BCUT2D eigenvalue weighted by atomic mass is 16.5. The smallest absolute Gasteiger partial charge is 0.307 e. The molecule has 1 N–H and O–H groups in total. The first-order chi connectivity index (χ1) is 8.84. The standard InChI is InChI=1S/C15H27NO3/c1-15(2,3)12-7-5-11(6-8-12)14(18)16-10-9-13(17)19-4/h11-12H,5-10H2,1-4H3,(H,16,18). The van der Waals surface area contributed by atoms with Crippen molar-refractivity contribution in [2.45, 2.75) is 52.9 Å². The quantitative estimate of drug-likeness (QED) is 0.798. The summed E-state index contributed by atoms with van der Waals surface area (Å²) < 4.78 is 4.54. The average molecular weight is 269 g/mol. The SMILES string of the molecule is COC(=O)CCNC(=O)C1CCC(C(C)(C)C)CC1. The molecule has 0 radical (unpaired) electrons. The molecule has 0 spiro atoms. The van der Waals surface area contributed by atoms with Crippen LogP contribution < -0.4 is 5.32 Å². The largest absolute Gasteiger partial charge is 0.469 e. The summed E-state index contributed by atoms with van der Waals surface area (Å²) in [5.74, 6) is 0.649. The second kappa shape index (κ2) is 6.92. The average Bonchev–Trinajstić information content (AvgIpc) is 2.37. The lowest BCUT2D eigenvalue weighted by molar-refractivity contribution is -0.140. The Kier molecular flexibility index (Phi) is 5.83. The van der Waals surface area contributed by atoms with Crippen LogP contribution in [0.25, 0.3) is 0 Å². The fraction of sp³-hybridized carbons (Fsp3) is 0.867. The minimum absolute atomic E-state index is 0.0938. The highest BCUT2D eigenvalue weighted by molar-refractivity contribution is 5.79. The normalized spacial score (nSPS) is 23.8. The zero-order chi connectivity index (χ0) is 14.5. The van der Waals surface area contributed by atoms with Crippen molar-refractivity contribution >= 4 is 11.9 Å². The van der Waals surface area contributed by atoms with E-state index in [9.17, 15) is 9.59 Å². The van der Waals surface area contributed by atoms with E-state index in [1.807, 2.05) is 0 Å². The molecule has 0 bridgehead atoms. The number of esters is 1. The molecule has 1 aliphatic rings. The molecule has 1 rings (SSSR count). The summed E-state index contributed by atoms with van der Waals surface area (Å²) in [5.41, 5.74) is 0.340. The molecule has 1 aliphatic carbocycles. The van der Waals surface area contributed by atoms with E-state index in [2.05, 4.69) is 30.8 Å². The lowest BCUT2D eigenvalue weighted by Crippen LogP contribution is -2.36. The van der Waals surface area contributed by atoms with E-state index >= 15 is 0 Å². The lowest BCUT2D eigenvalue weighted by Gasteiger charge is -2.36. The molecule has 0 aromatic rings. The molecule has 1 amide bonds. The summed E-state index contributed by atoms with van der Waals surface area (Å²) in [4.78, 5) is 22.9. The van der Waals surface area contributed by atoms with Gasteiger partial charge in [0.2, 0.25) is 5.91 Å². The van der Waals surface area contributed by atoms with Crippen molar-refractivity contribution in [3.63, 3.8) is 0 Å². The van der Waals surface area contributed by atoms with Crippen LogP contribution in [0.2, 0.25) is 0 Å². The van der Waals surface area contributed by atoms with Gasteiger partial charge < -0.3 is 10.1 Å². The number of ether oxygens (including phenoxy) is 1. The molecule has 0 aliphatic heterocycles. The second-order valence-corrected chi connectivity index (χ2v) is 6.53. The Morgan fingerprint density at radius 3 is 2.21 bits per heavy atom. The number of hydrogen-bond donors (Lipinski definition) is 1. The topological polar surface area (TPSA) is 55.4 Å². The van der Waals surface area contributed by atoms with Crippen LogP contribution in [0.1, 0.15) is 52.9 Å². The fourth-order valence-corrected chi connectivity index (χ4v) is 2.76. The van der Waals surface area contributed by atoms with Crippen molar-refractivity contribution in [1.29, 1.82) is 0 Å². The van der Waals surface area contributed by atoms with Crippen molar-refractivity contribution in [3.05, 3.63) is 0 Å². The zero-order valence-corrected chi connectivity index (χ0v) is 12.6. The van der Waals surface area contributed by atoms with Crippen LogP contribution in [0.3, 0.4) is 0 Å². The summed E-state index contributed by atoms with van der Waals surface area (Å²) in [5, 5.41) is 2.83. The van der Waals surface area contributed by atoms with Crippen LogP contribution in [0.4, 0.5) is 0 Å². The number of rotatable bonds is 4. The third-order valence-corrected chi connectivity index (χ3v) is 4.18. The fourth-order valence-electron chi connectivity index (χ4n) is 2.76. The number of methoxy groups -OCH3 is 1. The minimum atomic E-state index is -0.281. The number of hydrogen-bond acceptors (Lipinski definition) is 3. The van der Waals surface area contributed by atoms with Crippen molar-refractivity contribution < 1.29 is 14.3 Å². The minimum Gasteiger partial charge on any atom is -0.469 e. The Morgan fingerprint density at radius 2 is 1.74 bits per heavy atom. The molecule has 4 heteroatoms. The molecule has 1 fully saturated rings. The maximum Gasteiger partial charge on any atom is 0.307 e. The maximum atomic E-state index is 12.0. The van der Waals surface area contributed by atoms with E-state index in [0.29, 0.717) is 17.9 Å². The lowest BCUT2D eigenvalue weighted by atomic mass is 9.69. The molecular formula is C15H27NO3. The third-order valence-electron chi connectivity index (χ3n) is 4.18. The number of amides is 1. The molecule has 4 nitrogen and oxygen atoms in total. The van der Waals surface area contributed by atoms with E-state index in [0.717, 1.165) is 25.7 Å². The molecule has 0 aromatic heterocycles. The van der Waals surface area contributed by atoms with Gasteiger partial charge in [0.1, 0.15) is 0 Å². The van der Waals surface area contributed by atoms with E-state index in [4.69, 9.17) is 0 Å². The van der Waals surface area contributed by atoms with Gasteiger partial charge in [0.25, 0.3) is 0 Å². The number of nitrogens with one attached hydrogen (secondary N) is 1. The third kappa shape index (κ3) is 5.21. The maximum absolute atomic E-state index is 12.0. The predicted molar refractivity (Wildman–Crippen MR) is 74.5 cm³/mol. The van der Waals surface area contributed by atoms with Gasteiger partial charge in [0.05, 0.1) is 13.5 Å². The Balaban J connectivity index is 2.27. The van der Waals surface area contributed by atoms with Gasteiger partial charge in [-0.25, -0.2) is 0 Å². The molecule has 0 atom stereocenters. The van der Waals surface area contributed by atoms with Crippen LogP contribution >= 0.6 is 0 Å². The summed E-state index contributed by atoms with van der Waals surface area (Å²) in [6, 6.07) is 0. The number of carbonyl (C=O) groups excluding carboxylic acids is 2. The monoisotopic (exact) mass is 269 g/mol. The van der Waals surface area contributed by atoms with Crippen LogP contribution in [0.5, 0.6) is 0 Å². The molecule has 19 heavy (non-hydrogen) atoms. The van der Waals surface area contributed by atoms with Crippen molar-refractivity contribution in [2.24, 2.45) is 17.3 Å². The van der Waals surface area contributed by atoms with Crippen molar-refractivity contribution in [3.8, 4) is 0 Å². The Morgan fingerprint density at radius 1 is 1.16 bits per heavy atom. The Hall–Kier alpha value is -1.06. The van der Waals surface area contributed by atoms with Crippen LogP contribution in [0.15, 0.2) is 0 Å². The predicted octanol–water partition coefficient (Wildman–Crippen LogP) is 2.52. The van der Waals surface area contributed by atoms with Gasteiger partial charge in [-0.15, -0.1) is 0 Å². The van der Waals surface area contributed by atoms with Crippen LogP contribution in [-0.4, -0.2) is 25.5 Å². The molecule has 1 saturated carbocycles. The van der Waals surface area contributed by atoms with Crippen molar-refractivity contribution in [1.82, 2.24) is 5.32 Å². The summed E-state index contributed by atoms with van der Waals surface area (Å²) >= 11 is 0. The molecule has 0 aromatic carbocycles. The molecule has 110 valence electrons. The summed E-state index contributed by atoms with van der Waals surface area (Å²) in [6.45, 7) is 7.20. The first-order valence-electron chi connectivity index (χ1n) is 7.19. The molecular weight excluding hydrogens is 242 g/mol. The Bertz CT molecular complexity index is 312. The summed E-state index contributed by atoms with van der Waals surface area (Å²) in [6.07, 6.45) is 4.43. The van der Waals surface area contributed by atoms with Crippen LogP contribution in [-0.2, 0) is 14.3 Å². The zero-order valence-electron chi connectivity index (χ0n) is 12.6. The molecule has 0 heterocycles. The van der Waals surface area contributed by atoms with E-state index in [1.165, 1.54) is 7.11 Å². The van der Waals surface area contributed by atoms with Gasteiger partial charge in [-0.1, -0.05) is 20.8 Å². The van der Waals surface area contributed by atoms with Gasteiger partial charge in [-0.05, 0) is 37.0 Å². The summed E-state index contributed by atoms with van der Waals surface area (Å²) in [7, 11) is 1.36. The highest BCUT2D eigenvalue weighted by Gasteiger charge is 2.32. The van der Waals surface area contributed by atoms with Gasteiger partial charge in [-0.3, -0.25) is 9.59 Å². The van der Waals surface area contributed by atoms with Gasteiger partial charge >= 0.3 is 5.97 Å². The number of carbonyl (C=O) groups is 2. The van der Waals surface area contributed by atoms with Crippen molar-refractivity contribution in [2.75, 3.05) is 13.7 Å². The van der Waals surface area contributed by atoms with E-state index in [1.54, 1.807) is 0 Å². The first-order valence-corrected chi connectivity index (χ1v) is 7.19. The highest BCUT2D eigenvalue weighted by Crippen LogP contribution is 2.39. The first kappa shape index (κ1) is 16.0. The van der Waals surface area contributed by atoms with E-state index in [-0.39, 0.29) is 24.2 Å². The van der Waals surface area contributed by atoms with Gasteiger partial charge in [0.15, 0.2) is 0 Å². The second-order valence-electron chi connectivity index (χ2n) is 6.53. The van der Waals surface area contributed by atoms with Crippen LogP contribution in [0, 0.1) is 17.3 Å². The van der Waals surface area contributed by atoms with Gasteiger partial charge in [-0.2, -0.15) is 0 Å². The van der Waals surface area contributed by atoms with Gasteiger partial charge in [0, 0.05) is 12.5 Å². The molecule has 0 saturated heterocycles. The van der Waals surface area contributed by atoms with E-state index < -0.39 is 0 Å².